The molecule has 1 aliphatic rings. The molecule has 0 radical (unpaired) electrons. The molecule has 1 atom stereocenters. The first kappa shape index (κ1) is 13.3. The fourth-order valence-corrected chi connectivity index (χ4v) is 3.11. The topological polar surface area (TPSA) is 29.5 Å². The van der Waals surface area contributed by atoms with Crippen LogP contribution in [0.3, 0.4) is 0 Å². The Morgan fingerprint density at radius 2 is 1.79 bits per heavy atom. The largest absolute Gasteiger partial charge is 0.384 e. The van der Waals surface area contributed by atoms with Crippen molar-refractivity contribution in [3.63, 3.8) is 0 Å². The number of aliphatic hydroxyl groups excluding tert-OH is 1. The van der Waals surface area contributed by atoms with Crippen molar-refractivity contribution in [2.75, 3.05) is 0 Å². The van der Waals surface area contributed by atoms with Crippen molar-refractivity contribution in [3.05, 3.63) is 67.6 Å². The van der Waals surface area contributed by atoms with E-state index in [-0.39, 0.29) is 0 Å². The quantitative estimate of drug-likeness (QED) is 0.836. The smallest absolute Gasteiger partial charge is 0.105 e. The Morgan fingerprint density at radius 1 is 1.00 bits per heavy atom. The van der Waals surface area contributed by atoms with Gasteiger partial charge in [0.15, 0.2) is 0 Å². The van der Waals surface area contributed by atoms with Crippen LogP contribution in [0.4, 0.5) is 0 Å². The molecular formula is C15H12Br2O2. The summed E-state index contributed by atoms with van der Waals surface area (Å²) in [6, 6.07) is 11.8. The molecule has 1 unspecified atom stereocenters. The van der Waals surface area contributed by atoms with Crippen molar-refractivity contribution in [1.82, 2.24) is 0 Å². The average Bonchev–Trinajstić information content (AvgIpc) is 2.88. The van der Waals surface area contributed by atoms with E-state index in [4.69, 9.17) is 4.74 Å². The van der Waals surface area contributed by atoms with Crippen molar-refractivity contribution < 1.29 is 9.84 Å². The van der Waals surface area contributed by atoms with Gasteiger partial charge in [-0.3, -0.25) is 0 Å². The molecule has 1 N–H and O–H groups in total. The summed E-state index contributed by atoms with van der Waals surface area (Å²) < 4.78 is 7.26. The summed E-state index contributed by atoms with van der Waals surface area (Å²) in [7, 11) is 0. The Labute approximate surface area is 128 Å². The van der Waals surface area contributed by atoms with Crippen molar-refractivity contribution in [1.29, 1.82) is 0 Å². The highest BCUT2D eigenvalue weighted by atomic mass is 79.9. The summed E-state index contributed by atoms with van der Waals surface area (Å²) in [5.74, 6) is 0. The second kappa shape index (κ2) is 5.37. The molecule has 4 heteroatoms. The molecule has 1 heterocycles. The molecule has 2 nitrogen and oxygen atoms in total. The maximum atomic E-state index is 10.5. The molecule has 0 fully saturated rings. The van der Waals surface area contributed by atoms with Crippen LogP contribution < -0.4 is 0 Å². The predicted molar refractivity (Wildman–Crippen MR) is 80.8 cm³/mol. The van der Waals surface area contributed by atoms with E-state index in [9.17, 15) is 5.11 Å². The highest BCUT2D eigenvalue weighted by Gasteiger charge is 2.18. The summed E-state index contributed by atoms with van der Waals surface area (Å²) in [5.41, 5.74) is 4.13. The first-order valence-electron chi connectivity index (χ1n) is 5.97. The average molecular weight is 384 g/mol. The number of aliphatic hydroxyl groups is 1. The molecule has 0 amide bonds. The lowest BCUT2D eigenvalue weighted by molar-refractivity contribution is 0.134. The van der Waals surface area contributed by atoms with Gasteiger partial charge in [0.25, 0.3) is 0 Å². The molecule has 0 aliphatic carbocycles. The van der Waals surface area contributed by atoms with Gasteiger partial charge in [0.1, 0.15) is 6.10 Å². The van der Waals surface area contributed by atoms with Gasteiger partial charge in [-0.2, -0.15) is 0 Å². The van der Waals surface area contributed by atoms with E-state index >= 15 is 0 Å². The van der Waals surface area contributed by atoms with E-state index in [0.29, 0.717) is 13.2 Å². The highest BCUT2D eigenvalue weighted by Crippen LogP contribution is 2.32. The molecule has 2 aromatic rings. The van der Waals surface area contributed by atoms with E-state index in [0.717, 1.165) is 20.1 Å². The minimum absolute atomic E-state index is 0.634. The van der Waals surface area contributed by atoms with Gasteiger partial charge in [-0.05, 0) is 34.9 Å². The van der Waals surface area contributed by atoms with Crippen LogP contribution >= 0.6 is 31.9 Å². The zero-order valence-corrected chi connectivity index (χ0v) is 13.2. The third-order valence-corrected chi connectivity index (χ3v) is 4.53. The number of hydrogen-bond acceptors (Lipinski definition) is 2. The molecule has 19 heavy (non-hydrogen) atoms. The molecular weight excluding hydrogens is 372 g/mol. The second-order valence-electron chi connectivity index (χ2n) is 4.59. The lowest BCUT2D eigenvalue weighted by Gasteiger charge is -2.14. The predicted octanol–water partition coefficient (Wildman–Crippen LogP) is 4.32. The summed E-state index contributed by atoms with van der Waals surface area (Å²) in [4.78, 5) is 0. The van der Waals surface area contributed by atoms with Gasteiger partial charge in [-0.25, -0.2) is 0 Å². The number of hydrogen-bond donors (Lipinski definition) is 1. The molecule has 0 aromatic heterocycles. The van der Waals surface area contributed by atoms with Gasteiger partial charge in [0, 0.05) is 14.5 Å². The van der Waals surface area contributed by atoms with Crippen molar-refractivity contribution in [2.45, 2.75) is 19.3 Å². The maximum absolute atomic E-state index is 10.5. The van der Waals surface area contributed by atoms with E-state index in [2.05, 4.69) is 31.9 Å². The third-order valence-electron chi connectivity index (χ3n) is 3.31. The number of ether oxygens (including phenoxy) is 1. The van der Waals surface area contributed by atoms with Crippen molar-refractivity contribution in [3.8, 4) is 0 Å². The number of rotatable bonds is 2. The lowest BCUT2D eigenvalue weighted by atomic mass is 9.98. The lowest BCUT2D eigenvalue weighted by Crippen LogP contribution is -2.02. The summed E-state index contributed by atoms with van der Waals surface area (Å²) in [5, 5.41) is 10.5. The summed E-state index contributed by atoms with van der Waals surface area (Å²) >= 11 is 6.92. The third kappa shape index (κ3) is 2.63. The minimum atomic E-state index is -0.641. The molecule has 0 saturated heterocycles. The SMILES string of the molecule is OC(c1ccc2c(c1)COC2)c1cc(Br)ccc1Br. The van der Waals surface area contributed by atoms with E-state index < -0.39 is 6.10 Å². The van der Waals surface area contributed by atoms with Gasteiger partial charge in [0.05, 0.1) is 13.2 Å². The van der Waals surface area contributed by atoms with E-state index in [1.807, 2.05) is 36.4 Å². The standard InChI is InChI=1S/C15H12Br2O2/c16-12-3-4-14(17)13(6-12)15(18)9-1-2-10-7-19-8-11(10)5-9/h1-6,15,18H,7-8H2. The van der Waals surface area contributed by atoms with Crippen LogP contribution in [0.25, 0.3) is 0 Å². The van der Waals surface area contributed by atoms with E-state index in [1.165, 1.54) is 11.1 Å². The Bertz CT molecular complexity index is 626. The van der Waals surface area contributed by atoms with Crippen LogP contribution in [0.1, 0.15) is 28.4 Å². The number of halogens is 2. The fraction of sp³-hybridized carbons (Fsp3) is 0.200. The molecule has 2 aromatic carbocycles. The molecule has 3 rings (SSSR count). The zero-order valence-electron chi connectivity index (χ0n) is 10.1. The number of benzene rings is 2. The Kier molecular flexibility index (Phi) is 3.76. The van der Waals surface area contributed by atoms with Crippen LogP contribution in [0, 0.1) is 0 Å². The molecule has 0 saturated carbocycles. The first-order valence-corrected chi connectivity index (χ1v) is 7.56. The highest BCUT2D eigenvalue weighted by molar-refractivity contribution is 9.11. The first-order chi connectivity index (χ1) is 9.15. The molecule has 98 valence electrons. The van der Waals surface area contributed by atoms with Gasteiger partial charge in [-0.1, -0.05) is 50.1 Å². The number of fused-ring (bicyclic) bond motifs is 1. The molecule has 1 aliphatic heterocycles. The summed E-state index contributed by atoms with van der Waals surface area (Å²) in [6.45, 7) is 1.31. The van der Waals surface area contributed by atoms with Crippen molar-refractivity contribution in [2.24, 2.45) is 0 Å². The maximum Gasteiger partial charge on any atom is 0.105 e. The van der Waals surface area contributed by atoms with Crippen LogP contribution in [0.2, 0.25) is 0 Å². The normalized spacial score (nSPS) is 15.3. The minimum Gasteiger partial charge on any atom is -0.384 e. The molecule has 0 bridgehead atoms. The van der Waals surface area contributed by atoms with Crippen LogP contribution in [0.5, 0.6) is 0 Å². The fourth-order valence-electron chi connectivity index (χ4n) is 2.27. The monoisotopic (exact) mass is 382 g/mol. The van der Waals surface area contributed by atoms with Gasteiger partial charge in [-0.15, -0.1) is 0 Å². The van der Waals surface area contributed by atoms with Gasteiger partial charge >= 0.3 is 0 Å². The Balaban J connectivity index is 1.99. The molecule has 0 spiro atoms. The van der Waals surface area contributed by atoms with Crippen LogP contribution in [-0.2, 0) is 18.0 Å². The Morgan fingerprint density at radius 3 is 2.63 bits per heavy atom. The van der Waals surface area contributed by atoms with Crippen LogP contribution in [-0.4, -0.2) is 5.11 Å². The zero-order chi connectivity index (χ0) is 13.4. The Hall–Kier alpha value is -0.680. The summed E-state index contributed by atoms with van der Waals surface area (Å²) in [6.07, 6.45) is -0.641. The van der Waals surface area contributed by atoms with Crippen LogP contribution in [0.15, 0.2) is 45.3 Å². The van der Waals surface area contributed by atoms with E-state index in [1.54, 1.807) is 0 Å². The van der Waals surface area contributed by atoms with Crippen molar-refractivity contribution >= 4 is 31.9 Å². The van der Waals surface area contributed by atoms with Gasteiger partial charge < -0.3 is 9.84 Å². The van der Waals surface area contributed by atoms with Gasteiger partial charge in [0.2, 0.25) is 0 Å². The second-order valence-corrected chi connectivity index (χ2v) is 6.36.